The molecule has 2 aromatic rings. The lowest BCUT2D eigenvalue weighted by atomic mass is 9.77. The van der Waals surface area contributed by atoms with Gasteiger partial charge in [0.1, 0.15) is 0 Å². The Morgan fingerprint density at radius 1 is 0.952 bits per heavy atom. The lowest BCUT2D eigenvalue weighted by Crippen LogP contribution is -2.39. The summed E-state index contributed by atoms with van der Waals surface area (Å²) in [5.74, 6) is -0.694. The minimum absolute atomic E-state index is 0.0415. The molecule has 2 atom stereocenters. The van der Waals surface area contributed by atoms with Gasteiger partial charge in [-0.25, -0.2) is 0 Å². The normalized spacial score (nSPS) is 21.8. The molecule has 21 heavy (non-hydrogen) atoms. The SMILES string of the molecule is O=C1NCC[C@H](c2ccccc2)[C@@H]1c1ccc(O)c(O)c1. The van der Waals surface area contributed by atoms with E-state index in [-0.39, 0.29) is 29.2 Å². The third-order valence-corrected chi connectivity index (χ3v) is 4.03. The second kappa shape index (κ2) is 5.48. The zero-order valence-corrected chi connectivity index (χ0v) is 11.5. The van der Waals surface area contributed by atoms with Gasteiger partial charge in [-0.05, 0) is 29.7 Å². The molecular weight excluding hydrogens is 266 g/mol. The number of phenolic OH excluding ortho intramolecular Hbond substituents is 2. The second-order valence-electron chi connectivity index (χ2n) is 5.32. The zero-order valence-electron chi connectivity index (χ0n) is 11.5. The Morgan fingerprint density at radius 3 is 2.43 bits per heavy atom. The number of carbonyl (C=O) groups is 1. The summed E-state index contributed by atoms with van der Waals surface area (Å²) >= 11 is 0. The van der Waals surface area contributed by atoms with Gasteiger partial charge in [0, 0.05) is 12.5 Å². The molecule has 4 heteroatoms. The van der Waals surface area contributed by atoms with Gasteiger partial charge in [0.15, 0.2) is 11.5 Å². The van der Waals surface area contributed by atoms with Crippen LogP contribution in [0.4, 0.5) is 0 Å². The molecule has 0 spiro atoms. The first-order valence-electron chi connectivity index (χ1n) is 7.01. The number of nitrogens with one attached hydrogen (secondary N) is 1. The van der Waals surface area contributed by atoms with E-state index in [1.807, 2.05) is 30.3 Å². The van der Waals surface area contributed by atoms with Gasteiger partial charge < -0.3 is 15.5 Å². The Kier molecular flexibility index (Phi) is 3.52. The van der Waals surface area contributed by atoms with Gasteiger partial charge in [0.05, 0.1) is 5.92 Å². The van der Waals surface area contributed by atoms with Crippen molar-refractivity contribution in [2.45, 2.75) is 18.3 Å². The van der Waals surface area contributed by atoms with Crippen LogP contribution in [0.1, 0.15) is 29.4 Å². The van der Waals surface area contributed by atoms with Crippen LogP contribution in [-0.4, -0.2) is 22.7 Å². The van der Waals surface area contributed by atoms with Crippen molar-refractivity contribution in [3.63, 3.8) is 0 Å². The monoisotopic (exact) mass is 283 g/mol. The quantitative estimate of drug-likeness (QED) is 0.742. The molecule has 1 amide bonds. The summed E-state index contributed by atoms with van der Waals surface area (Å²) in [6.45, 7) is 0.652. The van der Waals surface area contributed by atoms with E-state index in [2.05, 4.69) is 5.32 Å². The average molecular weight is 283 g/mol. The van der Waals surface area contributed by atoms with Crippen LogP contribution in [0.15, 0.2) is 48.5 Å². The Labute approximate surface area is 123 Å². The van der Waals surface area contributed by atoms with Crippen molar-refractivity contribution >= 4 is 5.91 Å². The maximum atomic E-state index is 12.3. The number of rotatable bonds is 2. The minimum Gasteiger partial charge on any atom is -0.504 e. The summed E-state index contributed by atoms with van der Waals surface area (Å²) in [4.78, 5) is 12.3. The molecule has 0 saturated carbocycles. The molecule has 3 rings (SSSR count). The van der Waals surface area contributed by atoms with E-state index < -0.39 is 0 Å². The Balaban J connectivity index is 2.02. The Morgan fingerprint density at radius 2 is 1.71 bits per heavy atom. The zero-order chi connectivity index (χ0) is 14.8. The highest BCUT2D eigenvalue weighted by atomic mass is 16.3. The summed E-state index contributed by atoms with van der Waals surface area (Å²) in [5.41, 5.74) is 1.83. The molecule has 1 aliphatic heterocycles. The molecule has 0 radical (unpaired) electrons. The standard InChI is InChI=1S/C17H17NO3/c19-14-7-6-12(10-15(14)20)16-13(8-9-18-17(16)21)11-4-2-1-3-5-11/h1-7,10,13,16,19-20H,8-9H2,(H,18,21)/t13-,16+/m1/s1. The molecule has 4 nitrogen and oxygen atoms in total. The Hall–Kier alpha value is -2.49. The molecule has 1 fully saturated rings. The first-order chi connectivity index (χ1) is 10.2. The van der Waals surface area contributed by atoms with E-state index in [9.17, 15) is 15.0 Å². The lowest BCUT2D eigenvalue weighted by Gasteiger charge is -2.32. The van der Waals surface area contributed by atoms with E-state index in [1.165, 1.54) is 12.1 Å². The smallest absolute Gasteiger partial charge is 0.228 e. The minimum atomic E-state index is -0.354. The fraction of sp³-hybridized carbons (Fsp3) is 0.235. The predicted molar refractivity (Wildman–Crippen MR) is 79.3 cm³/mol. The molecule has 1 aliphatic rings. The lowest BCUT2D eigenvalue weighted by molar-refractivity contribution is -0.124. The highest BCUT2D eigenvalue weighted by Gasteiger charge is 2.34. The highest BCUT2D eigenvalue weighted by molar-refractivity contribution is 5.86. The van der Waals surface area contributed by atoms with Crippen molar-refractivity contribution in [1.29, 1.82) is 0 Å². The third-order valence-electron chi connectivity index (χ3n) is 4.03. The van der Waals surface area contributed by atoms with Gasteiger partial charge in [-0.2, -0.15) is 0 Å². The molecule has 0 unspecified atom stereocenters. The summed E-state index contributed by atoms with van der Waals surface area (Å²) < 4.78 is 0. The maximum absolute atomic E-state index is 12.3. The van der Waals surface area contributed by atoms with Gasteiger partial charge in [0.25, 0.3) is 0 Å². The van der Waals surface area contributed by atoms with E-state index in [0.717, 1.165) is 17.5 Å². The third kappa shape index (κ3) is 2.57. The molecular formula is C17H17NO3. The maximum Gasteiger partial charge on any atom is 0.228 e. The van der Waals surface area contributed by atoms with Crippen LogP contribution in [0.5, 0.6) is 11.5 Å². The Bertz CT molecular complexity index is 654. The molecule has 1 heterocycles. The van der Waals surface area contributed by atoms with E-state index in [0.29, 0.717) is 6.54 Å². The largest absolute Gasteiger partial charge is 0.504 e. The molecule has 0 aliphatic carbocycles. The predicted octanol–water partition coefficient (Wildman–Crippen LogP) is 2.49. The number of hydrogen-bond donors (Lipinski definition) is 3. The molecule has 0 aromatic heterocycles. The van der Waals surface area contributed by atoms with Crippen molar-refractivity contribution in [1.82, 2.24) is 5.32 Å². The average Bonchev–Trinajstić information content (AvgIpc) is 2.51. The number of benzene rings is 2. The van der Waals surface area contributed by atoms with Crippen molar-refractivity contribution in [3.8, 4) is 11.5 Å². The van der Waals surface area contributed by atoms with E-state index in [4.69, 9.17) is 0 Å². The number of phenols is 2. The second-order valence-corrected chi connectivity index (χ2v) is 5.32. The number of amides is 1. The van der Waals surface area contributed by atoms with Crippen molar-refractivity contribution in [2.75, 3.05) is 6.54 Å². The van der Waals surface area contributed by atoms with Crippen LogP contribution in [0.25, 0.3) is 0 Å². The molecule has 1 saturated heterocycles. The van der Waals surface area contributed by atoms with Crippen molar-refractivity contribution in [3.05, 3.63) is 59.7 Å². The van der Waals surface area contributed by atoms with Gasteiger partial charge >= 0.3 is 0 Å². The van der Waals surface area contributed by atoms with Crippen LogP contribution in [-0.2, 0) is 4.79 Å². The van der Waals surface area contributed by atoms with Gasteiger partial charge in [0.2, 0.25) is 5.91 Å². The number of piperidine rings is 1. The van der Waals surface area contributed by atoms with Gasteiger partial charge in [-0.1, -0.05) is 36.4 Å². The van der Waals surface area contributed by atoms with Crippen LogP contribution in [0, 0.1) is 0 Å². The molecule has 0 bridgehead atoms. The summed E-state index contributed by atoms with van der Waals surface area (Å²) in [6.07, 6.45) is 0.849. The van der Waals surface area contributed by atoms with E-state index in [1.54, 1.807) is 6.07 Å². The van der Waals surface area contributed by atoms with E-state index >= 15 is 0 Å². The fourth-order valence-corrected chi connectivity index (χ4v) is 2.99. The number of aromatic hydroxyl groups is 2. The van der Waals surface area contributed by atoms with Crippen LogP contribution < -0.4 is 5.32 Å². The summed E-state index contributed by atoms with van der Waals surface area (Å²) in [5, 5.41) is 22.0. The first kappa shape index (κ1) is 13.5. The number of hydrogen-bond acceptors (Lipinski definition) is 3. The molecule has 3 N–H and O–H groups in total. The highest BCUT2D eigenvalue weighted by Crippen LogP contribution is 2.40. The molecule has 108 valence electrons. The van der Waals surface area contributed by atoms with Crippen LogP contribution >= 0.6 is 0 Å². The topological polar surface area (TPSA) is 69.6 Å². The van der Waals surface area contributed by atoms with Gasteiger partial charge in [-0.3, -0.25) is 4.79 Å². The first-order valence-corrected chi connectivity index (χ1v) is 7.01. The van der Waals surface area contributed by atoms with Crippen LogP contribution in [0.2, 0.25) is 0 Å². The van der Waals surface area contributed by atoms with Gasteiger partial charge in [-0.15, -0.1) is 0 Å². The number of carbonyl (C=O) groups excluding carboxylic acids is 1. The van der Waals surface area contributed by atoms with Crippen LogP contribution in [0.3, 0.4) is 0 Å². The van der Waals surface area contributed by atoms with Crippen molar-refractivity contribution in [2.24, 2.45) is 0 Å². The fourth-order valence-electron chi connectivity index (χ4n) is 2.99. The summed E-state index contributed by atoms with van der Waals surface area (Å²) in [6, 6.07) is 14.5. The molecule has 2 aromatic carbocycles. The summed E-state index contributed by atoms with van der Waals surface area (Å²) in [7, 11) is 0. The van der Waals surface area contributed by atoms with Crippen molar-refractivity contribution < 1.29 is 15.0 Å².